The van der Waals surface area contributed by atoms with Gasteiger partial charge in [0.25, 0.3) is 0 Å². The number of sulfonamides is 1. The van der Waals surface area contributed by atoms with Crippen LogP contribution in [0.25, 0.3) is 0 Å². The van der Waals surface area contributed by atoms with E-state index in [-0.39, 0.29) is 22.9 Å². The summed E-state index contributed by atoms with van der Waals surface area (Å²) in [6.07, 6.45) is 4.42. The van der Waals surface area contributed by atoms with Crippen LogP contribution in [0.4, 0.5) is 0 Å². The zero-order valence-corrected chi connectivity index (χ0v) is 13.4. The van der Waals surface area contributed by atoms with E-state index in [2.05, 4.69) is 14.9 Å². The summed E-state index contributed by atoms with van der Waals surface area (Å²) >= 11 is 0. The van der Waals surface area contributed by atoms with Gasteiger partial charge in [0.05, 0.1) is 12.1 Å². The maximum atomic E-state index is 12.5. The number of carbonyl (C=O) groups excluding carboxylic acids is 1. The first kappa shape index (κ1) is 15.6. The lowest BCUT2D eigenvalue weighted by Crippen LogP contribution is -2.39. The Balaban J connectivity index is 1.92. The van der Waals surface area contributed by atoms with Crippen molar-refractivity contribution in [3.63, 3.8) is 0 Å². The van der Waals surface area contributed by atoms with Crippen molar-refractivity contribution in [3.8, 4) is 0 Å². The number of aryl methyl sites for hydroxylation is 1. The van der Waals surface area contributed by atoms with E-state index in [0.29, 0.717) is 0 Å². The van der Waals surface area contributed by atoms with Crippen LogP contribution in [0.5, 0.6) is 0 Å². The van der Waals surface area contributed by atoms with Crippen molar-refractivity contribution in [1.82, 2.24) is 19.8 Å². The molecule has 2 aromatic heterocycles. The minimum absolute atomic E-state index is 0.0237. The number of pyridine rings is 1. The van der Waals surface area contributed by atoms with E-state index < -0.39 is 22.1 Å². The molecule has 1 aliphatic rings. The van der Waals surface area contributed by atoms with Gasteiger partial charge in [-0.1, -0.05) is 11.2 Å². The monoisotopic (exact) mass is 336 g/mol. The summed E-state index contributed by atoms with van der Waals surface area (Å²) in [4.78, 5) is 17.6. The number of hydrogen-bond donors (Lipinski definition) is 1. The topological polar surface area (TPSA) is 105 Å². The molecule has 8 nitrogen and oxygen atoms in total. The number of carbonyl (C=O) groups is 1. The van der Waals surface area contributed by atoms with Crippen LogP contribution >= 0.6 is 0 Å². The van der Waals surface area contributed by atoms with Gasteiger partial charge in [0, 0.05) is 25.9 Å². The van der Waals surface area contributed by atoms with Crippen molar-refractivity contribution in [3.05, 3.63) is 42.0 Å². The maximum Gasteiger partial charge on any atom is 0.246 e. The first-order valence-electron chi connectivity index (χ1n) is 6.99. The van der Waals surface area contributed by atoms with E-state index in [1.54, 1.807) is 32.4 Å². The van der Waals surface area contributed by atoms with Crippen LogP contribution in [0.2, 0.25) is 0 Å². The highest BCUT2D eigenvalue weighted by Crippen LogP contribution is 2.32. The number of nitrogens with one attached hydrogen (secondary N) is 1. The molecule has 0 aromatic carbocycles. The first-order chi connectivity index (χ1) is 10.9. The number of rotatable bonds is 4. The number of aromatic nitrogens is 2. The van der Waals surface area contributed by atoms with Crippen molar-refractivity contribution in [2.45, 2.75) is 30.3 Å². The molecule has 0 spiro atoms. The van der Waals surface area contributed by atoms with Crippen molar-refractivity contribution < 1.29 is 17.7 Å². The van der Waals surface area contributed by atoms with E-state index in [1.807, 2.05) is 6.07 Å². The second-order valence-electron chi connectivity index (χ2n) is 5.43. The van der Waals surface area contributed by atoms with Gasteiger partial charge in [0.1, 0.15) is 16.9 Å². The number of nitrogens with zero attached hydrogens (tertiary/aromatic N) is 3. The average molecular weight is 336 g/mol. The molecule has 1 amide bonds. The van der Waals surface area contributed by atoms with Crippen LogP contribution < -0.4 is 4.72 Å². The highest BCUT2D eigenvalue weighted by molar-refractivity contribution is 7.89. The fraction of sp³-hybridized carbons (Fsp3) is 0.357. The third-order valence-electron chi connectivity index (χ3n) is 3.91. The van der Waals surface area contributed by atoms with E-state index in [9.17, 15) is 13.2 Å². The molecule has 122 valence electrons. The quantitative estimate of drug-likeness (QED) is 0.878. The van der Waals surface area contributed by atoms with Crippen molar-refractivity contribution in [2.75, 3.05) is 7.05 Å². The molecule has 2 atom stereocenters. The highest BCUT2D eigenvalue weighted by atomic mass is 32.2. The average Bonchev–Trinajstić information content (AvgIpc) is 3.05. The van der Waals surface area contributed by atoms with Gasteiger partial charge < -0.3 is 9.42 Å². The Kier molecular flexibility index (Phi) is 3.90. The van der Waals surface area contributed by atoms with Gasteiger partial charge in [-0.25, -0.2) is 13.1 Å². The lowest BCUT2D eigenvalue weighted by Gasteiger charge is -2.25. The molecular formula is C14H16N4O4S. The maximum absolute atomic E-state index is 12.5. The smallest absolute Gasteiger partial charge is 0.246 e. The zero-order valence-electron chi connectivity index (χ0n) is 12.6. The molecule has 1 N–H and O–H groups in total. The van der Waals surface area contributed by atoms with Gasteiger partial charge in [-0.2, -0.15) is 0 Å². The summed E-state index contributed by atoms with van der Waals surface area (Å²) in [6.45, 7) is 1.54. The van der Waals surface area contributed by atoms with Gasteiger partial charge >= 0.3 is 0 Å². The predicted octanol–water partition coefficient (Wildman–Crippen LogP) is 0.628. The fourth-order valence-corrected chi connectivity index (χ4v) is 4.12. The third-order valence-corrected chi connectivity index (χ3v) is 5.50. The lowest BCUT2D eigenvalue weighted by molar-refractivity contribution is -0.127. The largest absolute Gasteiger partial charge is 0.363 e. The third kappa shape index (κ3) is 2.84. The number of likely N-dealkylation sites (tertiary alicyclic amines) is 1. The molecule has 3 rings (SSSR count). The van der Waals surface area contributed by atoms with Crippen molar-refractivity contribution in [1.29, 1.82) is 0 Å². The van der Waals surface area contributed by atoms with Crippen LogP contribution in [-0.2, 0) is 14.8 Å². The molecule has 0 aliphatic carbocycles. The van der Waals surface area contributed by atoms with Crippen molar-refractivity contribution in [2.24, 2.45) is 0 Å². The van der Waals surface area contributed by atoms with E-state index in [0.717, 1.165) is 11.8 Å². The normalized spacial score (nSPS) is 21.8. The second kappa shape index (κ2) is 5.74. The minimum atomic E-state index is -3.82. The molecule has 2 aromatic rings. The van der Waals surface area contributed by atoms with E-state index in [1.165, 1.54) is 4.90 Å². The van der Waals surface area contributed by atoms with Gasteiger partial charge in [-0.05, 0) is 18.6 Å². The molecule has 0 saturated carbocycles. The Morgan fingerprint density at radius 3 is 2.83 bits per heavy atom. The van der Waals surface area contributed by atoms with Gasteiger partial charge in [-0.15, -0.1) is 0 Å². The molecule has 0 radical (unpaired) electrons. The molecule has 1 saturated heterocycles. The summed E-state index contributed by atoms with van der Waals surface area (Å²) < 4.78 is 32.3. The Morgan fingerprint density at radius 2 is 2.22 bits per heavy atom. The summed E-state index contributed by atoms with van der Waals surface area (Å²) in [5.41, 5.74) is 1.05. The Morgan fingerprint density at radius 1 is 1.43 bits per heavy atom. The van der Waals surface area contributed by atoms with Gasteiger partial charge in [-0.3, -0.25) is 9.78 Å². The number of hydrogen-bond acceptors (Lipinski definition) is 6. The van der Waals surface area contributed by atoms with Crippen LogP contribution in [0.1, 0.15) is 23.7 Å². The summed E-state index contributed by atoms with van der Waals surface area (Å²) in [5, 5.41) is 3.58. The summed E-state index contributed by atoms with van der Waals surface area (Å²) in [6, 6.07) is 2.57. The van der Waals surface area contributed by atoms with Gasteiger partial charge in [0.15, 0.2) is 0 Å². The van der Waals surface area contributed by atoms with E-state index >= 15 is 0 Å². The molecule has 0 unspecified atom stereocenters. The molecule has 1 fully saturated rings. The SMILES string of the molecule is Cc1nocc1S(=O)(=O)N[C@H]1CC(=O)N(C)[C@@H]1c1cccnc1. The number of likely N-dealkylation sites (N-methyl/N-ethyl adjacent to an activating group) is 1. The van der Waals surface area contributed by atoms with Gasteiger partial charge in [0.2, 0.25) is 15.9 Å². The highest BCUT2D eigenvalue weighted by Gasteiger charge is 2.41. The molecular weight excluding hydrogens is 320 g/mol. The number of amides is 1. The first-order valence-corrected chi connectivity index (χ1v) is 8.47. The molecule has 9 heteroatoms. The zero-order chi connectivity index (χ0) is 16.6. The van der Waals surface area contributed by atoms with Crippen LogP contribution in [0.3, 0.4) is 0 Å². The molecule has 23 heavy (non-hydrogen) atoms. The molecule has 1 aliphatic heterocycles. The predicted molar refractivity (Wildman–Crippen MR) is 79.7 cm³/mol. The Hall–Kier alpha value is -2.26. The van der Waals surface area contributed by atoms with E-state index in [4.69, 9.17) is 4.52 Å². The second-order valence-corrected chi connectivity index (χ2v) is 7.11. The van der Waals surface area contributed by atoms with Crippen LogP contribution in [0.15, 0.2) is 40.2 Å². The summed E-state index contributed by atoms with van der Waals surface area (Å²) in [5.74, 6) is -0.131. The van der Waals surface area contributed by atoms with Crippen molar-refractivity contribution >= 4 is 15.9 Å². The summed E-state index contributed by atoms with van der Waals surface area (Å²) in [7, 11) is -2.17. The van der Waals surface area contributed by atoms with Crippen LogP contribution in [0, 0.1) is 6.92 Å². The molecule has 0 bridgehead atoms. The Bertz CT molecular complexity index is 818. The standard InChI is InChI=1S/C14H16N4O4S/c1-9-12(8-22-16-9)23(20,21)17-11-6-13(19)18(2)14(11)10-4-3-5-15-7-10/h3-5,7-8,11,14,17H,6H2,1-2H3/t11-,14+/m0/s1. The Labute approximate surface area is 133 Å². The lowest BCUT2D eigenvalue weighted by atomic mass is 10.0. The minimum Gasteiger partial charge on any atom is -0.363 e. The molecule has 3 heterocycles. The van der Waals surface area contributed by atoms with Crippen LogP contribution in [-0.4, -0.2) is 42.5 Å². The fourth-order valence-electron chi connectivity index (χ4n) is 2.79.